The first-order valence-electron chi connectivity index (χ1n) is 15.0. The molecule has 2 aliphatic heterocycles. The third-order valence-corrected chi connectivity index (χ3v) is 8.97. The number of pyridine rings is 1. The van der Waals surface area contributed by atoms with Crippen molar-refractivity contribution in [3.8, 4) is 0 Å². The van der Waals surface area contributed by atoms with E-state index in [9.17, 15) is 27.6 Å². The second kappa shape index (κ2) is 13.7. The molecule has 0 radical (unpaired) electrons. The lowest BCUT2D eigenvalue weighted by molar-refractivity contribution is -0.141. The first kappa shape index (κ1) is 31.5. The summed E-state index contributed by atoms with van der Waals surface area (Å²) in [7, 11) is 0. The molecule has 0 aliphatic carbocycles. The number of carboxylic acid groups (broad SMARTS) is 1. The molecule has 2 fully saturated rings. The molecule has 1 aromatic carbocycles. The van der Waals surface area contributed by atoms with Crippen LogP contribution >= 0.6 is 0 Å². The summed E-state index contributed by atoms with van der Waals surface area (Å²) >= 11 is 0. The normalized spacial score (nSPS) is 20.8. The fourth-order valence-corrected chi connectivity index (χ4v) is 6.79. The first-order chi connectivity index (χ1) is 20.1. The number of carbonyl (C=O) groups excluding carboxylic acids is 2. The van der Waals surface area contributed by atoms with Gasteiger partial charge in [0.2, 0.25) is 5.91 Å². The van der Waals surface area contributed by atoms with Gasteiger partial charge in [0.1, 0.15) is 5.69 Å². The average Bonchev–Trinajstić information content (AvgIpc) is 2.99. The van der Waals surface area contributed by atoms with Crippen LogP contribution in [0.3, 0.4) is 0 Å². The minimum Gasteiger partial charge on any atom is -0.481 e. The van der Waals surface area contributed by atoms with Crippen molar-refractivity contribution in [1.29, 1.82) is 0 Å². The van der Waals surface area contributed by atoms with Crippen molar-refractivity contribution in [1.82, 2.24) is 14.8 Å². The van der Waals surface area contributed by atoms with Crippen LogP contribution in [0.15, 0.2) is 48.7 Å². The van der Waals surface area contributed by atoms with Gasteiger partial charge in [-0.05, 0) is 68.1 Å². The smallest absolute Gasteiger partial charge is 0.418 e. The number of alkyl halides is 3. The van der Waals surface area contributed by atoms with E-state index in [1.54, 1.807) is 0 Å². The summed E-state index contributed by atoms with van der Waals surface area (Å²) in [5.41, 5.74) is -0.634. The Hall–Kier alpha value is -3.43. The third kappa shape index (κ3) is 7.13. The molecule has 2 atom stereocenters. The van der Waals surface area contributed by atoms with Crippen molar-refractivity contribution in [2.75, 3.05) is 19.6 Å². The molecule has 7 nitrogen and oxygen atoms in total. The number of benzene rings is 1. The van der Waals surface area contributed by atoms with E-state index in [1.807, 2.05) is 30.0 Å². The molecule has 10 heteroatoms. The SMILES string of the molecule is CCC[C@@H]1C(C(=O)N2CCC(CCCCC(=O)O)(c3ccccc3)CC2)CCCN1C(=O)c1ncccc1C(F)(F)F. The van der Waals surface area contributed by atoms with E-state index in [0.717, 1.165) is 31.7 Å². The number of hydrogen-bond donors (Lipinski definition) is 1. The van der Waals surface area contributed by atoms with Gasteiger partial charge in [0.15, 0.2) is 0 Å². The van der Waals surface area contributed by atoms with Gasteiger partial charge in [-0.25, -0.2) is 0 Å². The Kier molecular flexibility index (Phi) is 10.3. The van der Waals surface area contributed by atoms with Crippen LogP contribution in [0.2, 0.25) is 0 Å². The molecule has 2 aromatic rings. The maximum Gasteiger partial charge on any atom is 0.418 e. The summed E-state index contributed by atoms with van der Waals surface area (Å²) in [5, 5.41) is 9.06. The summed E-state index contributed by atoms with van der Waals surface area (Å²) in [6.07, 6.45) is 2.62. The maximum absolute atomic E-state index is 14.0. The van der Waals surface area contributed by atoms with Gasteiger partial charge in [-0.2, -0.15) is 13.2 Å². The number of amides is 2. The number of carbonyl (C=O) groups is 3. The molecule has 2 amide bonds. The highest BCUT2D eigenvalue weighted by atomic mass is 19.4. The predicted molar refractivity (Wildman–Crippen MR) is 152 cm³/mol. The van der Waals surface area contributed by atoms with E-state index < -0.39 is 41.3 Å². The molecular formula is C32H40F3N3O4. The number of aliphatic carboxylic acids is 1. The van der Waals surface area contributed by atoms with Crippen LogP contribution in [-0.4, -0.2) is 63.4 Å². The summed E-state index contributed by atoms with van der Waals surface area (Å²) in [6, 6.07) is 11.7. The van der Waals surface area contributed by atoms with E-state index in [2.05, 4.69) is 17.1 Å². The number of likely N-dealkylation sites (tertiary alicyclic amines) is 2. The summed E-state index contributed by atoms with van der Waals surface area (Å²) in [5.74, 6) is -2.11. The van der Waals surface area contributed by atoms with Crippen molar-refractivity contribution in [2.45, 2.75) is 88.8 Å². The lowest BCUT2D eigenvalue weighted by atomic mass is 9.69. The van der Waals surface area contributed by atoms with Gasteiger partial charge in [0.25, 0.3) is 5.91 Å². The number of aromatic nitrogens is 1. The maximum atomic E-state index is 14.0. The predicted octanol–water partition coefficient (Wildman–Crippen LogP) is 6.33. The molecule has 4 rings (SSSR count). The molecule has 0 bridgehead atoms. The highest BCUT2D eigenvalue weighted by Crippen LogP contribution is 2.41. The Morgan fingerprint density at radius 3 is 2.38 bits per heavy atom. The number of nitrogens with zero attached hydrogens (tertiary/aromatic N) is 3. The van der Waals surface area contributed by atoms with Crippen LogP contribution in [0, 0.1) is 5.92 Å². The number of piperidine rings is 2. The van der Waals surface area contributed by atoms with Crippen molar-refractivity contribution in [2.24, 2.45) is 5.92 Å². The van der Waals surface area contributed by atoms with Crippen molar-refractivity contribution >= 4 is 17.8 Å². The van der Waals surface area contributed by atoms with Gasteiger partial charge in [-0.1, -0.05) is 50.1 Å². The molecule has 228 valence electrons. The van der Waals surface area contributed by atoms with Gasteiger partial charge in [0.05, 0.1) is 11.5 Å². The van der Waals surface area contributed by atoms with Gasteiger partial charge < -0.3 is 14.9 Å². The van der Waals surface area contributed by atoms with E-state index >= 15 is 0 Å². The van der Waals surface area contributed by atoms with Gasteiger partial charge in [0, 0.05) is 38.3 Å². The van der Waals surface area contributed by atoms with E-state index in [4.69, 9.17) is 5.11 Å². The highest BCUT2D eigenvalue weighted by Gasteiger charge is 2.44. The Morgan fingerprint density at radius 2 is 1.74 bits per heavy atom. The molecule has 42 heavy (non-hydrogen) atoms. The summed E-state index contributed by atoms with van der Waals surface area (Å²) in [6.45, 7) is 3.30. The quantitative estimate of drug-likeness (QED) is 0.328. The Balaban J connectivity index is 1.50. The number of rotatable bonds is 10. The monoisotopic (exact) mass is 587 g/mol. The van der Waals surface area contributed by atoms with Crippen LogP contribution in [0.5, 0.6) is 0 Å². The van der Waals surface area contributed by atoms with Crippen LogP contribution in [0.1, 0.15) is 92.7 Å². The average molecular weight is 588 g/mol. The molecular weight excluding hydrogens is 547 g/mol. The zero-order valence-corrected chi connectivity index (χ0v) is 24.1. The Bertz CT molecular complexity index is 1230. The first-order valence-corrected chi connectivity index (χ1v) is 15.0. The Morgan fingerprint density at radius 1 is 1.02 bits per heavy atom. The van der Waals surface area contributed by atoms with Gasteiger partial charge in [-0.15, -0.1) is 0 Å². The number of unbranched alkanes of at least 4 members (excludes halogenated alkanes) is 1. The van der Waals surface area contributed by atoms with Crippen LogP contribution in [0.25, 0.3) is 0 Å². The molecule has 1 unspecified atom stereocenters. The topological polar surface area (TPSA) is 90.8 Å². The van der Waals surface area contributed by atoms with Gasteiger partial charge >= 0.3 is 12.1 Å². The molecule has 0 saturated carbocycles. The highest BCUT2D eigenvalue weighted by molar-refractivity contribution is 5.95. The second-order valence-electron chi connectivity index (χ2n) is 11.6. The third-order valence-electron chi connectivity index (χ3n) is 8.97. The van der Waals surface area contributed by atoms with Crippen molar-refractivity contribution in [3.63, 3.8) is 0 Å². The van der Waals surface area contributed by atoms with Crippen LogP contribution < -0.4 is 0 Å². The van der Waals surface area contributed by atoms with Crippen LogP contribution in [0.4, 0.5) is 13.2 Å². The fraction of sp³-hybridized carbons (Fsp3) is 0.562. The summed E-state index contributed by atoms with van der Waals surface area (Å²) < 4.78 is 41.1. The molecule has 1 aromatic heterocycles. The zero-order chi connectivity index (χ0) is 30.3. The lowest BCUT2D eigenvalue weighted by Crippen LogP contribution is -2.55. The molecule has 3 heterocycles. The minimum absolute atomic E-state index is 0.0458. The molecule has 0 spiro atoms. The van der Waals surface area contributed by atoms with E-state index in [1.165, 1.54) is 22.7 Å². The second-order valence-corrected chi connectivity index (χ2v) is 11.6. The number of halogens is 3. The van der Waals surface area contributed by atoms with Crippen LogP contribution in [-0.2, 0) is 21.2 Å². The Labute approximate surface area is 245 Å². The molecule has 2 aliphatic rings. The largest absolute Gasteiger partial charge is 0.481 e. The van der Waals surface area contributed by atoms with Crippen molar-refractivity contribution in [3.05, 3.63) is 65.5 Å². The van der Waals surface area contributed by atoms with Crippen molar-refractivity contribution < 1.29 is 32.7 Å². The number of hydrogen-bond acceptors (Lipinski definition) is 4. The minimum atomic E-state index is -4.71. The number of carboxylic acids is 1. The zero-order valence-electron chi connectivity index (χ0n) is 24.1. The lowest BCUT2D eigenvalue weighted by Gasteiger charge is -2.46. The molecule has 1 N–H and O–H groups in total. The van der Waals surface area contributed by atoms with E-state index in [0.29, 0.717) is 45.2 Å². The molecule has 2 saturated heterocycles. The van der Waals surface area contributed by atoms with E-state index in [-0.39, 0.29) is 24.3 Å². The van der Waals surface area contributed by atoms with Gasteiger partial charge in [-0.3, -0.25) is 19.4 Å². The summed E-state index contributed by atoms with van der Waals surface area (Å²) in [4.78, 5) is 45.6. The standard InChI is InChI=1S/C32H40F3N3O4/c1-2-10-26-24(13-9-20-38(26)30(42)28-25(32(33,34)35)14-8-19-36-28)29(41)37-21-17-31(18-22-37,16-7-6-15-27(39)40)23-11-4-3-5-12-23/h3-5,8,11-12,14,19,24,26H,2,6-7,9-10,13,15-18,20-22H2,1H3,(H,39,40)/t24?,26-/m1/s1. The fourth-order valence-electron chi connectivity index (χ4n) is 6.79.